The average Bonchev–Trinajstić information content (AvgIpc) is 2.54. The van der Waals surface area contributed by atoms with E-state index in [4.69, 9.17) is 4.74 Å². The summed E-state index contributed by atoms with van der Waals surface area (Å²) in [5, 5.41) is 2.90. The van der Waals surface area contributed by atoms with Crippen LogP contribution in [0.25, 0.3) is 0 Å². The van der Waals surface area contributed by atoms with Gasteiger partial charge in [0.1, 0.15) is 5.75 Å². The summed E-state index contributed by atoms with van der Waals surface area (Å²) in [5.41, 5.74) is 2.30. The van der Waals surface area contributed by atoms with Gasteiger partial charge in [0.05, 0.1) is 18.0 Å². The first kappa shape index (κ1) is 18.0. The maximum Gasteiger partial charge on any atom is 0.251 e. The molecule has 2 aromatic carbocycles. The highest BCUT2D eigenvalue weighted by molar-refractivity contribution is 7.90. The van der Waals surface area contributed by atoms with Crippen LogP contribution in [0.15, 0.2) is 47.4 Å². The normalized spacial score (nSPS) is 12.5. The van der Waals surface area contributed by atoms with Gasteiger partial charge in [-0.1, -0.05) is 18.2 Å². The van der Waals surface area contributed by atoms with E-state index in [9.17, 15) is 13.2 Å². The first-order chi connectivity index (χ1) is 11.2. The summed E-state index contributed by atoms with van der Waals surface area (Å²) < 4.78 is 28.2. The molecule has 2 rings (SSSR count). The van der Waals surface area contributed by atoms with Crippen molar-refractivity contribution in [3.05, 3.63) is 59.2 Å². The molecule has 0 fully saturated rings. The standard InChI is InChI=1S/C18H21NO4S/c1-12-5-6-15(11-17(12)23-3)18(20)19-13(2)14-7-9-16(10-8-14)24(4,21)22/h5-11,13H,1-4H3,(H,19,20)/t13-/m0/s1. The molecular weight excluding hydrogens is 326 g/mol. The minimum atomic E-state index is -3.22. The molecule has 0 spiro atoms. The van der Waals surface area contributed by atoms with E-state index >= 15 is 0 Å². The molecule has 0 heterocycles. The Morgan fingerprint density at radius 1 is 1.12 bits per heavy atom. The van der Waals surface area contributed by atoms with Crippen molar-refractivity contribution in [1.29, 1.82) is 0 Å². The summed E-state index contributed by atoms with van der Waals surface area (Å²) in [6, 6.07) is 11.5. The predicted octanol–water partition coefficient (Wildman–Crippen LogP) is 2.90. The Hall–Kier alpha value is -2.34. The van der Waals surface area contributed by atoms with Crippen LogP contribution in [0.4, 0.5) is 0 Å². The first-order valence-electron chi connectivity index (χ1n) is 7.48. The fraction of sp³-hybridized carbons (Fsp3) is 0.278. The Morgan fingerprint density at radius 3 is 2.29 bits per heavy atom. The Labute approximate surface area is 142 Å². The van der Waals surface area contributed by atoms with Crippen molar-refractivity contribution >= 4 is 15.7 Å². The minimum absolute atomic E-state index is 0.215. The molecule has 24 heavy (non-hydrogen) atoms. The third-order valence-corrected chi connectivity index (χ3v) is 4.95. The van der Waals surface area contributed by atoms with Crippen LogP contribution in [0.2, 0.25) is 0 Å². The Balaban J connectivity index is 2.14. The van der Waals surface area contributed by atoms with Crippen LogP contribution in [0, 0.1) is 6.92 Å². The van der Waals surface area contributed by atoms with Gasteiger partial charge in [-0.2, -0.15) is 0 Å². The van der Waals surface area contributed by atoms with Crippen molar-refractivity contribution in [2.45, 2.75) is 24.8 Å². The number of ether oxygens (including phenoxy) is 1. The highest BCUT2D eigenvalue weighted by Gasteiger charge is 2.14. The summed E-state index contributed by atoms with van der Waals surface area (Å²) >= 11 is 0. The molecule has 0 saturated carbocycles. The zero-order valence-electron chi connectivity index (χ0n) is 14.2. The quantitative estimate of drug-likeness (QED) is 0.903. The molecule has 1 atom stereocenters. The summed E-state index contributed by atoms with van der Waals surface area (Å²) in [7, 11) is -1.66. The summed E-state index contributed by atoms with van der Waals surface area (Å²) in [5.74, 6) is 0.445. The van der Waals surface area contributed by atoms with Gasteiger partial charge < -0.3 is 10.1 Å². The van der Waals surface area contributed by atoms with Crippen LogP contribution < -0.4 is 10.1 Å². The van der Waals surface area contributed by atoms with Gasteiger partial charge in [-0.05, 0) is 49.2 Å². The van der Waals surface area contributed by atoms with E-state index in [1.807, 2.05) is 19.9 Å². The van der Waals surface area contributed by atoms with Gasteiger partial charge in [0.15, 0.2) is 9.84 Å². The van der Waals surface area contributed by atoms with Crippen molar-refractivity contribution in [3.8, 4) is 5.75 Å². The summed E-state index contributed by atoms with van der Waals surface area (Å²) in [6.45, 7) is 3.76. The number of sulfone groups is 1. The SMILES string of the molecule is COc1cc(C(=O)N[C@@H](C)c2ccc(S(C)(=O)=O)cc2)ccc1C. The van der Waals surface area contributed by atoms with Gasteiger partial charge >= 0.3 is 0 Å². The molecule has 128 valence electrons. The van der Waals surface area contributed by atoms with Gasteiger partial charge in [0.25, 0.3) is 5.91 Å². The zero-order chi connectivity index (χ0) is 17.9. The second-order valence-electron chi connectivity index (χ2n) is 5.72. The molecule has 0 saturated heterocycles. The van der Waals surface area contributed by atoms with Gasteiger partial charge in [0, 0.05) is 11.8 Å². The Kier molecular flexibility index (Phi) is 5.29. The highest BCUT2D eigenvalue weighted by Crippen LogP contribution is 2.20. The van der Waals surface area contributed by atoms with Crippen LogP contribution in [0.5, 0.6) is 5.75 Å². The van der Waals surface area contributed by atoms with E-state index in [2.05, 4.69) is 5.32 Å². The fourth-order valence-corrected chi connectivity index (χ4v) is 2.96. The first-order valence-corrected chi connectivity index (χ1v) is 9.37. The number of benzene rings is 2. The molecule has 6 heteroatoms. The van der Waals surface area contributed by atoms with Gasteiger partial charge in [-0.3, -0.25) is 4.79 Å². The van der Waals surface area contributed by atoms with Crippen molar-refractivity contribution in [2.24, 2.45) is 0 Å². The fourth-order valence-electron chi connectivity index (χ4n) is 2.33. The lowest BCUT2D eigenvalue weighted by Gasteiger charge is -2.15. The van der Waals surface area contributed by atoms with Gasteiger partial charge in [-0.15, -0.1) is 0 Å². The Morgan fingerprint density at radius 2 is 1.75 bits per heavy atom. The van der Waals surface area contributed by atoms with Crippen LogP contribution in [0.1, 0.15) is 34.5 Å². The minimum Gasteiger partial charge on any atom is -0.496 e. The summed E-state index contributed by atoms with van der Waals surface area (Å²) in [6.07, 6.45) is 1.16. The van der Waals surface area contributed by atoms with Crippen molar-refractivity contribution in [1.82, 2.24) is 5.32 Å². The molecule has 0 aliphatic carbocycles. The molecule has 1 N–H and O–H groups in total. The van der Waals surface area contributed by atoms with E-state index in [0.29, 0.717) is 11.3 Å². The highest BCUT2D eigenvalue weighted by atomic mass is 32.2. The molecule has 0 aromatic heterocycles. The van der Waals surface area contributed by atoms with Crippen LogP contribution in [0.3, 0.4) is 0 Å². The number of methoxy groups -OCH3 is 1. The zero-order valence-corrected chi connectivity index (χ0v) is 15.0. The van der Waals surface area contributed by atoms with E-state index in [0.717, 1.165) is 17.4 Å². The van der Waals surface area contributed by atoms with Crippen molar-refractivity contribution in [3.63, 3.8) is 0 Å². The van der Waals surface area contributed by atoms with Crippen LogP contribution >= 0.6 is 0 Å². The molecule has 0 unspecified atom stereocenters. The molecule has 0 radical (unpaired) electrons. The van der Waals surface area contributed by atoms with E-state index in [-0.39, 0.29) is 16.8 Å². The molecule has 0 aliphatic heterocycles. The second-order valence-corrected chi connectivity index (χ2v) is 7.74. The second kappa shape index (κ2) is 7.05. The average molecular weight is 347 g/mol. The maximum absolute atomic E-state index is 12.4. The van der Waals surface area contributed by atoms with E-state index < -0.39 is 9.84 Å². The molecule has 0 bridgehead atoms. The maximum atomic E-state index is 12.4. The van der Waals surface area contributed by atoms with Crippen LogP contribution in [-0.4, -0.2) is 27.7 Å². The molecule has 0 aliphatic rings. The lowest BCUT2D eigenvalue weighted by atomic mass is 10.1. The smallest absolute Gasteiger partial charge is 0.251 e. The van der Waals surface area contributed by atoms with Gasteiger partial charge in [-0.25, -0.2) is 8.42 Å². The largest absolute Gasteiger partial charge is 0.496 e. The van der Waals surface area contributed by atoms with E-state index in [1.165, 1.54) is 0 Å². The van der Waals surface area contributed by atoms with Gasteiger partial charge in [0.2, 0.25) is 0 Å². The number of hydrogen-bond donors (Lipinski definition) is 1. The number of nitrogens with one attached hydrogen (secondary N) is 1. The monoisotopic (exact) mass is 347 g/mol. The van der Waals surface area contributed by atoms with Crippen molar-refractivity contribution < 1.29 is 17.9 Å². The summed E-state index contributed by atoms with van der Waals surface area (Å²) in [4.78, 5) is 12.6. The number of aryl methyl sites for hydroxylation is 1. The number of amides is 1. The lowest BCUT2D eigenvalue weighted by Crippen LogP contribution is -2.26. The number of carbonyl (C=O) groups excluding carboxylic acids is 1. The molecular formula is C18H21NO4S. The number of carbonyl (C=O) groups is 1. The lowest BCUT2D eigenvalue weighted by molar-refractivity contribution is 0.0939. The van der Waals surface area contributed by atoms with Crippen LogP contribution in [-0.2, 0) is 9.84 Å². The van der Waals surface area contributed by atoms with E-state index in [1.54, 1.807) is 43.5 Å². The number of rotatable bonds is 5. The third kappa shape index (κ3) is 4.14. The molecule has 5 nitrogen and oxygen atoms in total. The Bertz CT molecular complexity index is 842. The molecule has 2 aromatic rings. The van der Waals surface area contributed by atoms with Crippen molar-refractivity contribution in [2.75, 3.05) is 13.4 Å². The topological polar surface area (TPSA) is 72.5 Å². The predicted molar refractivity (Wildman–Crippen MR) is 93.2 cm³/mol. The number of hydrogen-bond acceptors (Lipinski definition) is 4. The molecule has 1 amide bonds. The third-order valence-electron chi connectivity index (χ3n) is 3.83.